The van der Waals surface area contributed by atoms with Crippen molar-refractivity contribution in [1.82, 2.24) is 0 Å². The minimum atomic E-state index is -0.923. The molecule has 0 bridgehead atoms. The van der Waals surface area contributed by atoms with Crippen LogP contribution in [-0.4, -0.2) is 34.8 Å². The first kappa shape index (κ1) is 10.6. The predicted octanol–water partition coefficient (Wildman–Crippen LogP) is 1.54. The van der Waals surface area contributed by atoms with Crippen molar-refractivity contribution < 1.29 is 14.6 Å². The largest absolute Gasteiger partial charge is 0.479 e. The highest BCUT2D eigenvalue weighted by Crippen LogP contribution is 2.31. The predicted molar refractivity (Wildman–Crippen MR) is 53.1 cm³/mol. The topological polar surface area (TPSA) is 46.5 Å². The van der Waals surface area contributed by atoms with Crippen LogP contribution in [0.25, 0.3) is 0 Å². The monoisotopic (exact) mass is 202 g/mol. The van der Waals surface area contributed by atoms with Crippen LogP contribution >= 0.6 is 11.8 Å². The van der Waals surface area contributed by atoms with Gasteiger partial charge in [0.15, 0.2) is 5.60 Å². The molecule has 13 heavy (non-hydrogen) atoms. The molecule has 1 aliphatic rings. The molecule has 1 fully saturated rings. The Morgan fingerprint density at radius 3 is 3.00 bits per heavy atom. The highest BCUT2D eigenvalue weighted by Gasteiger charge is 2.42. The lowest BCUT2D eigenvalue weighted by molar-refractivity contribution is -0.162. The van der Waals surface area contributed by atoms with Gasteiger partial charge in [-0.3, -0.25) is 0 Å². The standard InChI is InChI=1S/C9H14O3S/c1-2-3-5-12-9(8(10)11)4-6-13-7-9/h2H,1,3-7H2,(H,10,11). The first-order chi connectivity index (χ1) is 6.21. The van der Waals surface area contributed by atoms with Gasteiger partial charge in [-0.25, -0.2) is 4.79 Å². The van der Waals surface area contributed by atoms with Crippen LogP contribution in [0.2, 0.25) is 0 Å². The summed E-state index contributed by atoms with van der Waals surface area (Å²) in [7, 11) is 0. The van der Waals surface area contributed by atoms with Gasteiger partial charge in [0.1, 0.15) is 0 Å². The summed E-state index contributed by atoms with van der Waals surface area (Å²) in [5.74, 6) is 0.612. The smallest absolute Gasteiger partial charge is 0.336 e. The van der Waals surface area contributed by atoms with Gasteiger partial charge in [-0.05, 0) is 18.6 Å². The summed E-state index contributed by atoms with van der Waals surface area (Å²) in [5.41, 5.74) is -0.923. The number of hydrogen-bond acceptors (Lipinski definition) is 3. The van der Waals surface area contributed by atoms with E-state index in [1.807, 2.05) is 0 Å². The average Bonchev–Trinajstić information content (AvgIpc) is 2.55. The van der Waals surface area contributed by atoms with Gasteiger partial charge < -0.3 is 9.84 Å². The number of ether oxygens (including phenoxy) is 1. The second-order valence-electron chi connectivity index (χ2n) is 3.03. The van der Waals surface area contributed by atoms with Gasteiger partial charge in [0.05, 0.1) is 6.61 Å². The Labute approximate surface area is 82.2 Å². The third-order valence-electron chi connectivity index (χ3n) is 2.08. The summed E-state index contributed by atoms with van der Waals surface area (Å²) in [6, 6.07) is 0. The summed E-state index contributed by atoms with van der Waals surface area (Å²) < 4.78 is 5.40. The van der Waals surface area contributed by atoms with Gasteiger partial charge in [-0.2, -0.15) is 11.8 Å². The molecule has 1 aliphatic heterocycles. The lowest BCUT2D eigenvalue weighted by Gasteiger charge is -2.23. The maximum Gasteiger partial charge on any atom is 0.336 e. The molecule has 1 atom stereocenters. The minimum Gasteiger partial charge on any atom is -0.479 e. The van der Waals surface area contributed by atoms with Gasteiger partial charge in [-0.1, -0.05) is 6.08 Å². The third-order valence-corrected chi connectivity index (χ3v) is 3.24. The molecule has 0 amide bonds. The average molecular weight is 202 g/mol. The molecule has 1 saturated heterocycles. The molecular weight excluding hydrogens is 188 g/mol. The highest BCUT2D eigenvalue weighted by molar-refractivity contribution is 7.99. The summed E-state index contributed by atoms with van der Waals surface area (Å²) >= 11 is 1.64. The van der Waals surface area contributed by atoms with Crippen LogP contribution in [0.4, 0.5) is 0 Å². The van der Waals surface area contributed by atoms with E-state index in [4.69, 9.17) is 9.84 Å². The van der Waals surface area contributed by atoms with Crippen LogP contribution in [-0.2, 0) is 9.53 Å². The lowest BCUT2D eigenvalue weighted by Crippen LogP contribution is -2.41. The maximum absolute atomic E-state index is 11.0. The zero-order valence-electron chi connectivity index (χ0n) is 7.49. The van der Waals surface area contributed by atoms with Gasteiger partial charge in [0.25, 0.3) is 0 Å². The van der Waals surface area contributed by atoms with Crippen molar-refractivity contribution in [2.75, 3.05) is 18.1 Å². The van der Waals surface area contributed by atoms with Gasteiger partial charge in [0.2, 0.25) is 0 Å². The van der Waals surface area contributed by atoms with Crippen molar-refractivity contribution in [3.8, 4) is 0 Å². The van der Waals surface area contributed by atoms with Crippen LogP contribution in [0.1, 0.15) is 12.8 Å². The number of carboxylic acids is 1. The molecule has 0 aromatic carbocycles. The molecule has 0 aliphatic carbocycles. The molecule has 0 spiro atoms. The van der Waals surface area contributed by atoms with E-state index in [2.05, 4.69) is 6.58 Å². The second-order valence-corrected chi connectivity index (χ2v) is 4.13. The lowest BCUT2D eigenvalue weighted by atomic mass is 10.0. The van der Waals surface area contributed by atoms with Crippen LogP contribution in [0.3, 0.4) is 0 Å². The quantitative estimate of drug-likeness (QED) is 0.542. The Bertz CT molecular complexity index is 197. The van der Waals surface area contributed by atoms with Crippen molar-refractivity contribution >= 4 is 17.7 Å². The van der Waals surface area contributed by atoms with Crippen LogP contribution < -0.4 is 0 Å². The van der Waals surface area contributed by atoms with Crippen molar-refractivity contribution in [2.24, 2.45) is 0 Å². The van der Waals surface area contributed by atoms with Crippen molar-refractivity contribution in [2.45, 2.75) is 18.4 Å². The minimum absolute atomic E-state index is 0.455. The molecule has 1 heterocycles. The molecule has 4 heteroatoms. The first-order valence-electron chi connectivity index (χ1n) is 4.27. The Hall–Kier alpha value is -0.480. The normalized spacial score (nSPS) is 27.4. The first-order valence-corrected chi connectivity index (χ1v) is 5.43. The van der Waals surface area contributed by atoms with E-state index in [9.17, 15) is 4.79 Å². The zero-order chi connectivity index (χ0) is 9.73. The molecule has 0 aromatic rings. The summed E-state index contributed by atoms with van der Waals surface area (Å²) in [5, 5.41) is 9.00. The number of carbonyl (C=O) groups is 1. The fourth-order valence-corrected chi connectivity index (χ4v) is 2.53. The Morgan fingerprint density at radius 2 is 2.54 bits per heavy atom. The fourth-order valence-electron chi connectivity index (χ4n) is 1.23. The van der Waals surface area contributed by atoms with Gasteiger partial charge in [0, 0.05) is 5.75 Å². The van der Waals surface area contributed by atoms with E-state index in [0.717, 1.165) is 5.75 Å². The number of aliphatic carboxylic acids is 1. The molecule has 1 N–H and O–H groups in total. The Balaban J connectivity index is 2.47. The van der Waals surface area contributed by atoms with E-state index < -0.39 is 11.6 Å². The fraction of sp³-hybridized carbons (Fsp3) is 0.667. The van der Waals surface area contributed by atoms with Crippen molar-refractivity contribution in [3.63, 3.8) is 0 Å². The van der Waals surface area contributed by atoms with E-state index in [1.54, 1.807) is 17.8 Å². The second kappa shape index (κ2) is 4.67. The number of hydrogen-bond donors (Lipinski definition) is 1. The van der Waals surface area contributed by atoms with Crippen LogP contribution in [0, 0.1) is 0 Å². The van der Waals surface area contributed by atoms with Crippen LogP contribution in [0.5, 0.6) is 0 Å². The molecule has 3 nitrogen and oxygen atoms in total. The van der Waals surface area contributed by atoms with E-state index in [-0.39, 0.29) is 0 Å². The third kappa shape index (κ3) is 2.48. The van der Waals surface area contributed by atoms with E-state index >= 15 is 0 Å². The zero-order valence-corrected chi connectivity index (χ0v) is 8.31. The summed E-state index contributed by atoms with van der Waals surface area (Å²) in [6.07, 6.45) is 3.06. The molecular formula is C9H14O3S. The van der Waals surface area contributed by atoms with Crippen molar-refractivity contribution in [3.05, 3.63) is 12.7 Å². The number of carboxylic acid groups (broad SMARTS) is 1. The molecule has 0 radical (unpaired) electrons. The van der Waals surface area contributed by atoms with E-state index in [0.29, 0.717) is 25.2 Å². The van der Waals surface area contributed by atoms with E-state index in [1.165, 1.54) is 0 Å². The molecule has 1 unspecified atom stereocenters. The number of rotatable bonds is 5. The molecule has 0 aromatic heterocycles. The summed E-state index contributed by atoms with van der Waals surface area (Å²) in [4.78, 5) is 11.0. The number of thioether (sulfide) groups is 1. The van der Waals surface area contributed by atoms with Crippen molar-refractivity contribution in [1.29, 1.82) is 0 Å². The van der Waals surface area contributed by atoms with Gasteiger partial charge >= 0.3 is 5.97 Å². The molecule has 0 saturated carbocycles. The Kier molecular flexibility index (Phi) is 3.81. The Morgan fingerprint density at radius 1 is 1.77 bits per heavy atom. The SMILES string of the molecule is C=CCCOC1(C(=O)O)CCSC1. The summed E-state index contributed by atoms with van der Waals surface area (Å²) in [6.45, 7) is 4.01. The molecule has 74 valence electrons. The van der Waals surface area contributed by atoms with Gasteiger partial charge in [-0.15, -0.1) is 6.58 Å². The maximum atomic E-state index is 11.0. The molecule has 1 rings (SSSR count). The highest BCUT2D eigenvalue weighted by atomic mass is 32.2. The van der Waals surface area contributed by atoms with Crippen LogP contribution in [0.15, 0.2) is 12.7 Å².